The standard InChI is InChI=1S/C21H11F5N4/c1-11-14(17-10-28-20-29-18(21(24,25)26)6-7-30(17)20)4-5-16(23)19(11)15-3-2-13(22)8-12(15)9-27/h2-8,10H,1H3. The van der Waals surface area contributed by atoms with Gasteiger partial charge in [0.1, 0.15) is 17.3 Å². The topological polar surface area (TPSA) is 54.0 Å². The number of alkyl halides is 3. The van der Waals surface area contributed by atoms with Gasteiger partial charge in [0, 0.05) is 22.9 Å². The van der Waals surface area contributed by atoms with Crippen LogP contribution in [0.25, 0.3) is 28.2 Å². The summed E-state index contributed by atoms with van der Waals surface area (Å²) in [6.07, 6.45) is -2.08. The van der Waals surface area contributed by atoms with E-state index in [2.05, 4.69) is 9.97 Å². The molecule has 4 aromatic rings. The number of halogens is 5. The van der Waals surface area contributed by atoms with Gasteiger partial charge in [0.15, 0.2) is 0 Å². The maximum Gasteiger partial charge on any atom is 0.433 e. The summed E-state index contributed by atoms with van der Waals surface area (Å²) in [4.78, 5) is 7.46. The first kappa shape index (κ1) is 19.5. The molecule has 0 amide bonds. The number of fused-ring (bicyclic) bond motifs is 1. The fourth-order valence-electron chi connectivity index (χ4n) is 3.34. The number of hydrogen-bond acceptors (Lipinski definition) is 3. The summed E-state index contributed by atoms with van der Waals surface area (Å²) < 4.78 is 68.3. The van der Waals surface area contributed by atoms with E-state index < -0.39 is 23.5 Å². The van der Waals surface area contributed by atoms with Crippen molar-refractivity contribution in [2.75, 3.05) is 0 Å². The highest BCUT2D eigenvalue weighted by Crippen LogP contribution is 2.36. The van der Waals surface area contributed by atoms with Crippen molar-refractivity contribution in [3.63, 3.8) is 0 Å². The fraction of sp³-hybridized carbons (Fsp3) is 0.0952. The maximum absolute atomic E-state index is 14.7. The molecule has 0 fully saturated rings. The lowest BCUT2D eigenvalue weighted by Crippen LogP contribution is -2.09. The molecular weight excluding hydrogens is 403 g/mol. The van der Waals surface area contributed by atoms with E-state index in [1.807, 2.05) is 6.07 Å². The van der Waals surface area contributed by atoms with Crippen LogP contribution in [0.2, 0.25) is 0 Å². The van der Waals surface area contributed by atoms with Crippen LogP contribution in [0.3, 0.4) is 0 Å². The van der Waals surface area contributed by atoms with E-state index in [4.69, 9.17) is 0 Å². The molecule has 0 aliphatic carbocycles. The second kappa shape index (κ2) is 6.91. The molecular formula is C21H11F5N4. The van der Waals surface area contributed by atoms with Crippen LogP contribution in [0.5, 0.6) is 0 Å². The summed E-state index contributed by atoms with van der Waals surface area (Å²) in [5.74, 6) is -1.41. The molecule has 0 bridgehead atoms. The molecule has 9 heteroatoms. The highest BCUT2D eigenvalue weighted by atomic mass is 19.4. The molecule has 0 spiro atoms. The van der Waals surface area contributed by atoms with Crippen molar-refractivity contribution in [1.82, 2.24) is 14.4 Å². The third-order valence-electron chi connectivity index (χ3n) is 4.73. The first-order chi connectivity index (χ1) is 14.2. The minimum atomic E-state index is -4.61. The van der Waals surface area contributed by atoms with Gasteiger partial charge >= 0.3 is 6.18 Å². The molecule has 2 aromatic heterocycles. The molecule has 2 heterocycles. The van der Waals surface area contributed by atoms with E-state index in [-0.39, 0.29) is 22.5 Å². The summed E-state index contributed by atoms with van der Waals surface area (Å²) in [5, 5.41) is 9.32. The molecule has 0 N–H and O–H groups in total. The van der Waals surface area contributed by atoms with E-state index in [1.54, 1.807) is 6.92 Å². The van der Waals surface area contributed by atoms with Gasteiger partial charge in [-0.1, -0.05) is 6.07 Å². The van der Waals surface area contributed by atoms with Gasteiger partial charge in [0.2, 0.25) is 5.78 Å². The molecule has 2 aromatic carbocycles. The lowest BCUT2D eigenvalue weighted by atomic mass is 9.92. The summed E-state index contributed by atoms with van der Waals surface area (Å²) in [6, 6.07) is 8.77. The molecule has 0 saturated carbocycles. The number of nitrogens with zero attached hydrogens (tertiary/aromatic N) is 4. The zero-order chi connectivity index (χ0) is 21.6. The molecule has 4 rings (SSSR count). The number of aromatic nitrogens is 3. The third-order valence-corrected chi connectivity index (χ3v) is 4.73. The van der Waals surface area contributed by atoms with Crippen molar-refractivity contribution in [2.45, 2.75) is 13.1 Å². The predicted molar refractivity (Wildman–Crippen MR) is 98.2 cm³/mol. The second-order valence-corrected chi connectivity index (χ2v) is 6.52. The van der Waals surface area contributed by atoms with Crippen LogP contribution in [-0.2, 0) is 6.18 Å². The Morgan fingerprint density at radius 1 is 1.03 bits per heavy atom. The molecule has 0 atom stereocenters. The highest BCUT2D eigenvalue weighted by molar-refractivity contribution is 5.80. The van der Waals surface area contributed by atoms with Gasteiger partial charge in [0.25, 0.3) is 0 Å². The zero-order valence-electron chi connectivity index (χ0n) is 15.3. The predicted octanol–water partition coefficient (Wildman–Crippen LogP) is 5.54. The van der Waals surface area contributed by atoms with Crippen LogP contribution >= 0.6 is 0 Å². The Hall–Kier alpha value is -3.80. The lowest BCUT2D eigenvalue weighted by Gasteiger charge is -2.14. The minimum Gasteiger partial charge on any atom is -0.284 e. The zero-order valence-corrected chi connectivity index (χ0v) is 15.3. The van der Waals surface area contributed by atoms with Gasteiger partial charge in [-0.05, 0) is 42.8 Å². The van der Waals surface area contributed by atoms with Crippen molar-refractivity contribution in [1.29, 1.82) is 5.26 Å². The molecule has 0 unspecified atom stereocenters. The van der Waals surface area contributed by atoms with E-state index in [0.29, 0.717) is 16.8 Å². The Labute approximate surface area is 166 Å². The Bertz CT molecular complexity index is 1330. The Kier molecular flexibility index (Phi) is 4.50. The summed E-state index contributed by atoms with van der Waals surface area (Å²) >= 11 is 0. The monoisotopic (exact) mass is 414 g/mol. The molecule has 0 saturated heterocycles. The largest absolute Gasteiger partial charge is 0.433 e. The van der Waals surface area contributed by atoms with Gasteiger partial charge < -0.3 is 0 Å². The third kappa shape index (κ3) is 3.16. The van der Waals surface area contributed by atoms with Crippen LogP contribution in [0.1, 0.15) is 16.8 Å². The molecule has 30 heavy (non-hydrogen) atoms. The van der Waals surface area contributed by atoms with Crippen LogP contribution in [0.4, 0.5) is 22.0 Å². The molecule has 150 valence electrons. The number of nitriles is 1. The minimum absolute atomic E-state index is 0.0382. The second-order valence-electron chi connectivity index (χ2n) is 6.52. The highest BCUT2D eigenvalue weighted by Gasteiger charge is 2.33. The summed E-state index contributed by atoms with van der Waals surface area (Å²) in [7, 11) is 0. The van der Waals surface area contributed by atoms with Crippen molar-refractivity contribution < 1.29 is 22.0 Å². The maximum atomic E-state index is 14.7. The first-order valence-corrected chi connectivity index (χ1v) is 8.61. The van der Waals surface area contributed by atoms with Crippen LogP contribution in [-0.4, -0.2) is 14.4 Å². The van der Waals surface area contributed by atoms with Crippen molar-refractivity contribution in [3.8, 4) is 28.5 Å². The van der Waals surface area contributed by atoms with Gasteiger partial charge in [-0.3, -0.25) is 4.40 Å². The van der Waals surface area contributed by atoms with Crippen molar-refractivity contribution in [3.05, 3.63) is 77.2 Å². The smallest absolute Gasteiger partial charge is 0.284 e. The van der Waals surface area contributed by atoms with Crippen LogP contribution in [0.15, 0.2) is 48.8 Å². The number of hydrogen-bond donors (Lipinski definition) is 0. The Balaban J connectivity index is 1.93. The summed E-state index contributed by atoms with van der Waals surface area (Å²) in [6.45, 7) is 1.61. The van der Waals surface area contributed by atoms with Gasteiger partial charge in [-0.25, -0.2) is 18.7 Å². The number of benzene rings is 2. The van der Waals surface area contributed by atoms with Crippen molar-refractivity contribution in [2.24, 2.45) is 0 Å². The molecule has 0 radical (unpaired) electrons. The van der Waals surface area contributed by atoms with Gasteiger partial charge in [-0.15, -0.1) is 0 Å². The Morgan fingerprint density at radius 3 is 2.47 bits per heavy atom. The normalized spacial score (nSPS) is 11.6. The fourth-order valence-corrected chi connectivity index (χ4v) is 3.34. The van der Waals surface area contributed by atoms with Crippen LogP contribution < -0.4 is 0 Å². The average molecular weight is 414 g/mol. The van der Waals surface area contributed by atoms with Gasteiger partial charge in [-0.2, -0.15) is 18.4 Å². The Morgan fingerprint density at radius 2 is 1.77 bits per heavy atom. The number of imidazole rings is 1. The van der Waals surface area contributed by atoms with E-state index in [1.165, 1.54) is 35.0 Å². The molecule has 4 nitrogen and oxygen atoms in total. The quantitative estimate of drug-likeness (QED) is 0.405. The first-order valence-electron chi connectivity index (χ1n) is 8.61. The summed E-state index contributed by atoms with van der Waals surface area (Å²) in [5.41, 5.74) is 0.484. The SMILES string of the molecule is Cc1c(-c2cnc3nc(C(F)(F)F)ccn23)ccc(F)c1-c1ccc(F)cc1C#N. The van der Waals surface area contributed by atoms with Gasteiger partial charge in [0.05, 0.1) is 23.5 Å². The van der Waals surface area contributed by atoms with E-state index in [0.717, 1.165) is 18.2 Å². The molecule has 0 aliphatic rings. The van der Waals surface area contributed by atoms with E-state index in [9.17, 15) is 27.2 Å². The molecule has 0 aliphatic heterocycles. The van der Waals surface area contributed by atoms with Crippen LogP contribution in [0, 0.1) is 29.9 Å². The van der Waals surface area contributed by atoms with E-state index >= 15 is 0 Å². The lowest BCUT2D eigenvalue weighted by molar-refractivity contribution is -0.141. The average Bonchev–Trinajstić information content (AvgIpc) is 3.11. The van der Waals surface area contributed by atoms with Crippen molar-refractivity contribution >= 4 is 5.78 Å². The number of rotatable bonds is 2.